The third kappa shape index (κ3) is 19.2. The van der Waals surface area contributed by atoms with Crippen LogP contribution in [0.2, 0.25) is 0 Å². The van der Waals surface area contributed by atoms with E-state index in [2.05, 4.69) is 46.5 Å². The first-order valence-corrected chi connectivity index (χ1v) is 21.5. The van der Waals surface area contributed by atoms with Crippen molar-refractivity contribution < 1.29 is 42.9 Å². The largest absolute Gasteiger partial charge is 0.379 e. The second kappa shape index (κ2) is 27.5. The van der Waals surface area contributed by atoms with Gasteiger partial charge in [-0.2, -0.15) is 0 Å². The molecule has 0 radical (unpaired) electrons. The lowest BCUT2D eigenvalue weighted by molar-refractivity contribution is -0.133. The Labute approximate surface area is 370 Å². The zero-order valence-corrected chi connectivity index (χ0v) is 38.1. The fourth-order valence-corrected chi connectivity index (χ4v) is 5.40. The van der Waals surface area contributed by atoms with Gasteiger partial charge in [-0.25, -0.2) is 24.9 Å². The number of carbonyl (C=O) groups excluding carboxylic acids is 5. The average molecular weight is 879 g/mol. The number of carbonyl (C=O) groups is 5. The van der Waals surface area contributed by atoms with Crippen LogP contribution in [0.3, 0.4) is 0 Å². The summed E-state index contributed by atoms with van der Waals surface area (Å²) in [5.41, 5.74) is 2.87. The van der Waals surface area contributed by atoms with Gasteiger partial charge in [-0.1, -0.05) is 41.5 Å². The summed E-state index contributed by atoms with van der Waals surface area (Å²) in [6, 6.07) is 0.844. The molecule has 3 heterocycles. The van der Waals surface area contributed by atoms with Crippen molar-refractivity contribution >= 4 is 29.5 Å². The summed E-state index contributed by atoms with van der Waals surface area (Å²) >= 11 is 0. The molecule has 0 bridgehead atoms. The number of nitrogens with one attached hydrogen (secondary N) is 5. The van der Waals surface area contributed by atoms with Crippen LogP contribution in [-0.4, -0.2) is 139 Å². The van der Waals surface area contributed by atoms with Crippen LogP contribution in [0.15, 0.2) is 36.9 Å². The van der Waals surface area contributed by atoms with Crippen molar-refractivity contribution in [1.82, 2.24) is 51.5 Å². The van der Waals surface area contributed by atoms with Crippen molar-refractivity contribution in [2.75, 3.05) is 65.9 Å². The van der Waals surface area contributed by atoms with E-state index >= 15 is 0 Å². The minimum atomic E-state index is -0.915. The maximum absolute atomic E-state index is 13.3. The van der Waals surface area contributed by atoms with Gasteiger partial charge in [0.2, 0.25) is 23.6 Å². The highest BCUT2D eigenvalue weighted by Gasteiger charge is 2.24. The Bertz CT molecular complexity index is 1830. The summed E-state index contributed by atoms with van der Waals surface area (Å²) in [6.45, 7) is 19.7. The summed E-state index contributed by atoms with van der Waals surface area (Å²) in [5.74, 6) is 0.000383. The number of hydrogen-bond donors (Lipinski definition) is 5. The highest BCUT2D eigenvalue weighted by molar-refractivity contribution is 5.96. The summed E-state index contributed by atoms with van der Waals surface area (Å²) in [6.07, 6.45) is 6.87. The Morgan fingerprint density at radius 2 is 0.937 bits per heavy atom. The molecule has 0 saturated carbocycles. The molecule has 0 saturated heterocycles. The van der Waals surface area contributed by atoms with Gasteiger partial charge >= 0.3 is 0 Å². The molecule has 3 aromatic heterocycles. The first-order chi connectivity index (χ1) is 30.0. The Morgan fingerprint density at radius 3 is 1.38 bits per heavy atom. The second-order valence-electron chi connectivity index (χ2n) is 15.9. The van der Waals surface area contributed by atoms with Crippen molar-refractivity contribution in [3.63, 3.8) is 0 Å². The van der Waals surface area contributed by atoms with Crippen LogP contribution >= 0.6 is 0 Å². The lowest BCUT2D eigenvalue weighted by atomic mass is 10.1. The summed E-state index contributed by atoms with van der Waals surface area (Å²) in [7, 11) is 0. The molecule has 5 amide bonds. The van der Waals surface area contributed by atoms with E-state index in [4.69, 9.17) is 23.9 Å². The number of rotatable bonds is 28. The topological polar surface area (TPSA) is 247 Å². The quantitative estimate of drug-likeness (QED) is 0.0659. The Balaban J connectivity index is 1.25. The highest BCUT2D eigenvalue weighted by Crippen LogP contribution is 2.25. The van der Waals surface area contributed by atoms with E-state index < -0.39 is 29.9 Å². The van der Waals surface area contributed by atoms with Crippen LogP contribution in [0, 0.1) is 5.92 Å². The van der Waals surface area contributed by atoms with Crippen LogP contribution in [0.1, 0.15) is 103 Å². The molecule has 346 valence electrons. The number of aromatic nitrogens is 5. The van der Waals surface area contributed by atoms with Gasteiger partial charge in [-0.05, 0) is 38.8 Å². The molecule has 19 heteroatoms. The van der Waals surface area contributed by atoms with E-state index in [0.717, 1.165) is 11.6 Å². The van der Waals surface area contributed by atoms with E-state index in [-0.39, 0.29) is 68.3 Å². The molecule has 0 aliphatic carbocycles. The van der Waals surface area contributed by atoms with Gasteiger partial charge in [0.25, 0.3) is 5.91 Å². The molecule has 0 unspecified atom stereocenters. The molecule has 3 atom stereocenters. The molecule has 5 N–H and O–H groups in total. The van der Waals surface area contributed by atoms with Crippen LogP contribution in [0.5, 0.6) is 0 Å². The summed E-state index contributed by atoms with van der Waals surface area (Å²) in [5, 5.41) is 13.3. The lowest BCUT2D eigenvalue weighted by Crippen LogP contribution is -2.54. The van der Waals surface area contributed by atoms with Gasteiger partial charge in [0, 0.05) is 72.8 Å². The van der Waals surface area contributed by atoms with Gasteiger partial charge in [0.05, 0.1) is 64.2 Å². The predicted octanol–water partition coefficient (Wildman–Crippen LogP) is 2.72. The molecular weight excluding hydrogens is 813 g/mol. The van der Waals surface area contributed by atoms with Crippen molar-refractivity contribution in [1.29, 1.82) is 0 Å². The molecule has 0 fully saturated rings. The standard InChI is InChI=1S/C44H66N10O9/c1-27(2)22-50-41(56)30(7)52-43(58)32(9)53-42(57)31(8)51-38(55)10-12-60-14-16-62-18-19-63-17-15-61-13-11-45-44(59)33-20-36(34-23-46-39(28(3)4)47-24-34)54-37(21-33)35-25-48-40(29(5)6)49-26-35/h20-21,23-32H,10-19,22H2,1-9H3,(H,45,59)(H,50,56)(H,51,55)(H,52,58)(H,53,57)/t30-,31-,32-/m0/s1. The van der Waals surface area contributed by atoms with E-state index in [1.54, 1.807) is 43.8 Å². The molecule has 0 spiro atoms. The third-order valence-corrected chi connectivity index (χ3v) is 9.14. The van der Waals surface area contributed by atoms with Gasteiger partial charge in [-0.3, -0.25) is 24.0 Å². The maximum Gasteiger partial charge on any atom is 0.251 e. The van der Waals surface area contributed by atoms with Crippen molar-refractivity contribution in [2.24, 2.45) is 5.92 Å². The fraction of sp³-hybridized carbons (Fsp3) is 0.591. The second-order valence-corrected chi connectivity index (χ2v) is 15.9. The summed E-state index contributed by atoms with van der Waals surface area (Å²) in [4.78, 5) is 85.3. The zero-order chi connectivity index (χ0) is 46.3. The molecule has 19 nitrogen and oxygen atoms in total. The number of hydrogen-bond acceptors (Lipinski definition) is 14. The lowest BCUT2D eigenvalue weighted by Gasteiger charge is -2.20. The molecule has 3 aromatic rings. The van der Waals surface area contributed by atoms with E-state index in [1.165, 1.54) is 13.8 Å². The number of pyridine rings is 1. The zero-order valence-electron chi connectivity index (χ0n) is 38.1. The molecule has 3 rings (SSSR count). The average Bonchev–Trinajstić information content (AvgIpc) is 3.26. The van der Waals surface area contributed by atoms with E-state index in [1.807, 2.05) is 41.5 Å². The van der Waals surface area contributed by atoms with Crippen molar-refractivity contribution in [3.8, 4) is 22.5 Å². The fourth-order valence-electron chi connectivity index (χ4n) is 5.40. The molecular formula is C44H66N10O9. The highest BCUT2D eigenvalue weighted by atomic mass is 16.6. The molecule has 0 aromatic carbocycles. The van der Waals surface area contributed by atoms with Gasteiger partial charge in [-0.15, -0.1) is 0 Å². The smallest absolute Gasteiger partial charge is 0.251 e. The monoisotopic (exact) mass is 879 g/mol. The number of nitrogens with zero attached hydrogens (tertiary/aromatic N) is 5. The van der Waals surface area contributed by atoms with Crippen LogP contribution in [-0.2, 0) is 38.1 Å². The Morgan fingerprint density at radius 1 is 0.524 bits per heavy atom. The Kier molecular flexibility index (Phi) is 22.7. The van der Waals surface area contributed by atoms with Gasteiger partial charge < -0.3 is 45.5 Å². The van der Waals surface area contributed by atoms with Gasteiger partial charge in [0.15, 0.2) is 0 Å². The third-order valence-electron chi connectivity index (χ3n) is 9.14. The van der Waals surface area contributed by atoms with Crippen molar-refractivity contribution in [2.45, 2.75) is 98.7 Å². The van der Waals surface area contributed by atoms with Crippen LogP contribution in [0.4, 0.5) is 0 Å². The normalized spacial score (nSPS) is 12.8. The molecule has 0 aliphatic rings. The van der Waals surface area contributed by atoms with Crippen molar-refractivity contribution in [3.05, 3.63) is 54.1 Å². The number of amides is 5. The first-order valence-electron chi connectivity index (χ1n) is 21.5. The summed E-state index contributed by atoms with van der Waals surface area (Å²) < 4.78 is 22.1. The maximum atomic E-state index is 13.3. The number of ether oxygens (including phenoxy) is 4. The minimum absolute atomic E-state index is 0.0296. The Hall–Kier alpha value is -5.50. The molecule has 0 aliphatic heterocycles. The minimum Gasteiger partial charge on any atom is -0.379 e. The SMILES string of the molecule is CC(C)CNC(=O)[C@H](C)NC(=O)[C@H](C)NC(=O)[C@H](C)NC(=O)CCOCCOCCOCCOCCNC(=O)c1cc(-c2cnc(C(C)C)nc2)nc(-c2cnc(C(C)C)nc2)c1. The van der Waals surface area contributed by atoms with Crippen LogP contribution in [0.25, 0.3) is 22.5 Å². The van der Waals surface area contributed by atoms with E-state index in [9.17, 15) is 24.0 Å². The first kappa shape index (κ1) is 51.8. The van der Waals surface area contributed by atoms with Gasteiger partial charge in [0.1, 0.15) is 29.8 Å². The molecule has 63 heavy (non-hydrogen) atoms. The van der Waals surface area contributed by atoms with E-state index in [0.29, 0.717) is 67.7 Å². The van der Waals surface area contributed by atoms with Crippen LogP contribution < -0.4 is 26.6 Å². The predicted molar refractivity (Wildman–Crippen MR) is 235 cm³/mol.